The second-order valence-electron chi connectivity index (χ2n) is 2.02. The van der Waals surface area contributed by atoms with E-state index < -0.39 is 0 Å². The summed E-state index contributed by atoms with van der Waals surface area (Å²) < 4.78 is 0. The number of carbonyl (C=O) groups is 1. The van der Waals surface area contributed by atoms with E-state index in [0.29, 0.717) is 18.0 Å². The number of nitrogens with one attached hydrogen (secondary N) is 1. The van der Waals surface area contributed by atoms with Crippen molar-refractivity contribution in [1.29, 1.82) is 0 Å². The van der Waals surface area contributed by atoms with Gasteiger partial charge in [0.2, 0.25) is 5.12 Å². The van der Waals surface area contributed by atoms with Crippen molar-refractivity contribution >= 4 is 16.9 Å². The van der Waals surface area contributed by atoms with E-state index in [4.69, 9.17) is 5.73 Å². The molecule has 1 aromatic heterocycles. The normalized spacial score (nSPS) is 10.1. The maximum Gasteiger partial charge on any atom is 0.202 e. The van der Waals surface area contributed by atoms with Crippen molar-refractivity contribution in [2.24, 2.45) is 5.73 Å². The fourth-order valence-corrected chi connectivity index (χ4v) is 1.25. The van der Waals surface area contributed by atoms with Crippen LogP contribution in [-0.2, 0) is 11.2 Å². The Morgan fingerprint density at radius 1 is 1.67 bits per heavy atom. The molecular weight excluding hydrogens is 178 g/mol. The summed E-state index contributed by atoms with van der Waals surface area (Å²) in [5.41, 5.74) is 5.11. The second-order valence-corrected chi connectivity index (χ2v) is 3.17. The molecule has 0 aliphatic rings. The summed E-state index contributed by atoms with van der Waals surface area (Å²) in [6.07, 6.45) is 0.656. The van der Waals surface area contributed by atoms with Gasteiger partial charge in [0.15, 0.2) is 0 Å². The Kier molecular flexibility index (Phi) is 3.68. The average Bonchev–Trinajstić information content (AvgIpc) is 2.57. The molecule has 1 heterocycles. The van der Waals surface area contributed by atoms with Crippen molar-refractivity contribution < 1.29 is 4.79 Å². The number of hydrogen-bond donors (Lipinski definition) is 2. The molecule has 0 aliphatic carbocycles. The van der Waals surface area contributed by atoms with Crippen LogP contribution in [0.1, 0.15) is 5.82 Å². The maximum absolute atomic E-state index is 10.7. The summed E-state index contributed by atoms with van der Waals surface area (Å²) in [6.45, 7) is 0.0827. The summed E-state index contributed by atoms with van der Waals surface area (Å²) in [5.74, 6) is 1.35. The zero-order valence-electron chi connectivity index (χ0n) is 6.36. The van der Waals surface area contributed by atoms with Gasteiger partial charge in [0.1, 0.15) is 5.82 Å². The lowest BCUT2D eigenvalue weighted by Crippen LogP contribution is -2.10. The Labute approximate surface area is 73.3 Å². The molecule has 0 amide bonds. The lowest BCUT2D eigenvalue weighted by atomic mass is 10.5. The minimum atomic E-state index is -0.0116. The number of aromatic nitrogens is 4. The topological polar surface area (TPSA) is 97.6 Å². The molecule has 0 radical (unpaired) electrons. The summed E-state index contributed by atoms with van der Waals surface area (Å²) in [4.78, 5) is 10.7. The van der Waals surface area contributed by atoms with Crippen LogP contribution in [0.5, 0.6) is 0 Å². The molecule has 0 saturated carbocycles. The summed E-state index contributed by atoms with van der Waals surface area (Å²) in [5, 5.41) is 13.1. The number of hydrogen-bond acceptors (Lipinski definition) is 6. The molecule has 0 spiro atoms. The van der Waals surface area contributed by atoms with Gasteiger partial charge in [-0.15, -0.1) is 5.10 Å². The van der Waals surface area contributed by atoms with Gasteiger partial charge >= 0.3 is 0 Å². The van der Waals surface area contributed by atoms with Crippen molar-refractivity contribution in [2.75, 3.05) is 12.3 Å². The van der Waals surface area contributed by atoms with Gasteiger partial charge in [-0.25, -0.2) is 5.10 Å². The summed E-state index contributed by atoms with van der Waals surface area (Å²) in [7, 11) is 0. The first-order valence-electron chi connectivity index (χ1n) is 3.41. The molecule has 0 fully saturated rings. The zero-order chi connectivity index (χ0) is 8.81. The van der Waals surface area contributed by atoms with Gasteiger partial charge in [-0.1, -0.05) is 11.8 Å². The van der Waals surface area contributed by atoms with Gasteiger partial charge in [0, 0.05) is 12.2 Å². The van der Waals surface area contributed by atoms with Crippen LogP contribution in [0.3, 0.4) is 0 Å². The van der Waals surface area contributed by atoms with Gasteiger partial charge < -0.3 is 5.73 Å². The third-order valence-electron chi connectivity index (χ3n) is 1.16. The predicted molar refractivity (Wildman–Crippen MR) is 44.4 cm³/mol. The Morgan fingerprint density at radius 3 is 3.08 bits per heavy atom. The van der Waals surface area contributed by atoms with Gasteiger partial charge in [-0.3, -0.25) is 4.79 Å². The van der Waals surface area contributed by atoms with E-state index in [-0.39, 0.29) is 11.7 Å². The number of aryl methyl sites for hydroxylation is 1. The number of carbonyl (C=O) groups excluding carboxylic acids is 1. The molecule has 0 saturated heterocycles. The van der Waals surface area contributed by atoms with Crippen molar-refractivity contribution in [3.8, 4) is 0 Å². The van der Waals surface area contributed by atoms with E-state index in [0.717, 1.165) is 0 Å². The molecule has 1 rings (SSSR count). The van der Waals surface area contributed by atoms with E-state index in [2.05, 4.69) is 20.6 Å². The third-order valence-corrected chi connectivity index (χ3v) is 2.05. The molecular formula is C5H9N5OS. The molecule has 0 aliphatic heterocycles. The average molecular weight is 187 g/mol. The molecule has 6 nitrogen and oxygen atoms in total. The van der Waals surface area contributed by atoms with Crippen molar-refractivity contribution in [3.63, 3.8) is 0 Å². The minimum absolute atomic E-state index is 0.0116. The van der Waals surface area contributed by atoms with Gasteiger partial charge in [-0.05, 0) is 10.4 Å². The minimum Gasteiger partial charge on any atom is -0.323 e. The molecule has 7 heteroatoms. The van der Waals surface area contributed by atoms with Gasteiger partial charge in [0.05, 0.1) is 6.54 Å². The fourth-order valence-electron chi connectivity index (χ4n) is 0.605. The van der Waals surface area contributed by atoms with Crippen LogP contribution in [0.25, 0.3) is 0 Å². The highest BCUT2D eigenvalue weighted by molar-refractivity contribution is 8.13. The predicted octanol–water partition coefficient (Wildman–Crippen LogP) is -1.04. The highest BCUT2D eigenvalue weighted by atomic mass is 32.2. The smallest absolute Gasteiger partial charge is 0.202 e. The maximum atomic E-state index is 10.7. The molecule has 0 aromatic carbocycles. The second kappa shape index (κ2) is 4.83. The quantitative estimate of drug-likeness (QED) is 0.625. The number of tetrazole rings is 1. The van der Waals surface area contributed by atoms with Crippen LogP contribution in [0.4, 0.5) is 0 Å². The van der Waals surface area contributed by atoms with Crippen LogP contribution >= 0.6 is 11.8 Å². The number of H-pyrrole nitrogens is 1. The van der Waals surface area contributed by atoms with E-state index in [1.165, 1.54) is 11.8 Å². The molecule has 3 N–H and O–H groups in total. The van der Waals surface area contributed by atoms with Gasteiger partial charge in [0.25, 0.3) is 0 Å². The lowest BCUT2D eigenvalue weighted by Gasteiger charge is -1.94. The molecule has 1 aromatic rings. The fraction of sp³-hybridized carbons (Fsp3) is 0.600. The highest BCUT2D eigenvalue weighted by Gasteiger charge is 2.01. The van der Waals surface area contributed by atoms with E-state index in [1.807, 2.05) is 0 Å². The molecule has 0 atom stereocenters. The standard InChI is InChI=1S/C5H9N5OS/c6-3-5(11)12-2-1-4-7-9-10-8-4/h1-3,6H2,(H,7,8,9,10). The number of aromatic amines is 1. The summed E-state index contributed by atoms with van der Waals surface area (Å²) in [6, 6.07) is 0. The number of rotatable bonds is 4. The van der Waals surface area contributed by atoms with E-state index >= 15 is 0 Å². The first-order chi connectivity index (χ1) is 5.83. The van der Waals surface area contributed by atoms with Crippen LogP contribution < -0.4 is 5.73 Å². The molecule has 12 heavy (non-hydrogen) atoms. The highest BCUT2D eigenvalue weighted by Crippen LogP contribution is 2.02. The van der Waals surface area contributed by atoms with Crippen molar-refractivity contribution in [3.05, 3.63) is 5.82 Å². The number of thioether (sulfide) groups is 1. The molecule has 0 unspecified atom stereocenters. The Balaban J connectivity index is 2.15. The largest absolute Gasteiger partial charge is 0.323 e. The van der Waals surface area contributed by atoms with Crippen molar-refractivity contribution in [1.82, 2.24) is 20.6 Å². The number of nitrogens with two attached hydrogens (primary N) is 1. The Bertz CT molecular complexity index is 236. The first kappa shape index (κ1) is 9.14. The first-order valence-corrected chi connectivity index (χ1v) is 4.40. The Morgan fingerprint density at radius 2 is 2.50 bits per heavy atom. The van der Waals surface area contributed by atoms with Crippen LogP contribution in [-0.4, -0.2) is 38.0 Å². The zero-order valence-corrected chi connectivity index (χ0v) is 7.17. The molecule has 0 bridgehead atoms. The van der Waals surface area contributed by atoms with Crippen LogP contribution in [0, 0.1) is 0 Å². The van der Waals surface area contributed by atoms with Gasteiger partial charge in [-0.2, -0.15) is 0 Å². The van der Waals surface area contributed by atoms with E-state index in [9.17, 15) is 4.79 Å². The molecule has 66 valence electrons. The van der Waals surface area contributed by atoms with Crippen molar-refractivity contribution in [2.45, 2.75) is 6.42 Å². The SMILES string of the molecule is NCC(=O)SCCc1nnn[nH]1. The third kappa shape index (κ3) is 2.97. The lowest BCUT2D eigenvalue weighted by molar-refractivity contribution is -0.109. The summed E-state index contributed by atoms with van der Waals surface area (Å²) >= 11 is 1.20. The van der Waals surface area contributed by atoms with E-state index in [1.54, 1.807) is 0 Å². The Hall–Kier alpha value is -0.950. The monoisotopic (exact) mass is 187 g/mol. The number of nitrogens with zero attached hydrogens (tertiary/aromatic N) is 3. The van der Waals surface area contributed by atoms with Crippen LogP contribution in [0.2, 0.25) is 0 Å². The van der Waals surface area contributed by atoms with Crippen LogP contribution in [0.15, 0.2) is 0 Å².